The monoisotopic (exact) mass is 435 g/mol. The molecule has 1 aromatic heterocycles. The summed E-state index contributed by atoms with van der Waals surface area (Å²) >= 11 is 6.26. The van der Waals surface area contributed by atoms with Crippen LogP contribution in [0.5, 0.6) is 0 Å². The smallest absolute Gasteiger partial charge is 0.145 e. The summed E-state index contributed by atoms with van der Waals surface area (Å²) in [6.45, 7) is 6.19. The first-order chi connectivity index (χ1) is 15.1. The number of halogens is 1. The van der Waals surface area contributed by atoms with Crippen LogP contribution in [0.2, 0.25) is 5.02 Å². The molecular formula is C26H30ClN3O. The Kier molecular flexibility index (Phi) is 6.79. The van der Waals surface area contributed by atoms with Gasteiger partial charge in [-0.3, -0.25) is 0 Å². The van der Waals surface area contributed by atoms with Crippen LogP contribution in [0, 0.1) is 0 Å². The van der Waals surface area contributed by atoms with Gasteiger partial charge in [-0.25, -0.2) is 4.98 Å². The van der Waals surface area contributed by atoms with Gasteiger partial charge in [-0.15, -0.1) is 0 Å². The Morgan fingerprint density at radius 1 is 1.10 bits per heavy atom. The topological polar surface area (TPSA) is 48.4 Å². The fourth-order valence-electron chi connectivity index (χ4n) is 4.45. The van der Waals surface area contributed by atoms with Gasteiger partial charge < -0.3 is 15.3 Å². The first kappa shape index (κ1) is 21.7. The highest BCUT2D eigenvalue weighted by molar-refractivity contribution is 6.32. The van der Waals surface area contributed by atoms with Crippen molar-refractivity contribution in [2.24, 2.45) is 0 Å². The molecule has 0 amide bonds. The van der Waals surface area contributed by atoms with Gasteiger partial charge in [0.25, 0.3) is 0 Å². The van der Waals surface area contributed by atoms with Crippen molar-refractivity contribution in [2.75, 3.05) is 23.3 Å². The van der Waals surface area contributed by atoms with E-state index in [1.54, 1.807) is 6.20 Å². The molecule has 5 heteroatoms. The molecule has 2 N–H and O–H groups in total. The van der Waals surface area contributed by atoms with E-state index in [2.05, 4.69) is 53.3 Å². The lowest BCUT2D eigenvalue weighted by Gasteiger charge is -2.24. The van der Waals surface area contributed by atoms with E-state index in [9.17, 15) is 5.11 Å². The Balaban J connectivity index is 1.52. The standard InChI is InChI=1S/C26H30ClN3O/c1-3-18-8-5-6-9-22(18)25(31)20-11-12-24(19(4-2)16-20)30-15-13-21(17-30)29-26-23(27)10-7-14-28-26/h5-12,14,16,21,25,31H,3-4,13,15,17H2,1-2H3,(H,28,29). The third-order valence-corrected chi connectivity index (χ3v) is 6.46. The molecule has 0 bridgehead atoms. The lowest BCUT2D eigenvalue weighted by molar-refractivity contribution is 0.219. The average molecular weight is 436 g/mol. The molecule has 2 heterocycles. The minimum Gasteiger partial charge on any atom is -0.384 e. The van der Waals surface area contributed by atoms with Crippen LogP contribution in [0.15, 0.2) is 60.8 Å². The summed E-state index contributed by atoms with van der Waals surface area (Å²) in [5, 5.41) is 15.2. The average Bonchev–Trinajstić information content (AvgIpc) is 3.28. The van der Waals surface area contributed by atoms with Crippen molar-refractivity contribution in [3.63, 3.8) is 0 Å². The van der Waals surface area contributed by atoms with Gasteiger partial charge in [0.15, 0.2) is 0 Å². The number of benzene rings is 2. The summed E-state index contributed by atoms with van der Waals surface area (Å²) in [4.78, 5) is 6.78. The zero-order valence-electron chi connectivity index (χ0n) is 18.2. The SMILES string of the molecule is CCc1ccccc1C(O)c1ccc(N2CCC(Nc3ncccc3Cl)C2)c(CC)c1. The highest BCUT2D eigenvalue weighted by atomic mass is 35.5. The highest BCUT2D eigenvalue weighted by Gasteiger charge is 2.25. The second-order valence-electron chi connectivity index (χ2n) is 8.11. The van der Waals surface area contributed by atoms with Crippen molar-refractivity contribution in [2.45, 2.75) is 45.3 Å². The van der Waals surface area contributed by atoms with E-state index in [1.165, 1.54) is 16.8 Å². The molecule has 1 saturated heterocycles. The number of hydrogen-bond donors (Lipinski definition) is 2. The number of nitrogens with one attached hydrogen (secondary N) is 1. The van der Waals surface area contributed by atoms with Crippen molar-refractivity contribution >= 4 is 23.1 Å². The number of rotatable bonds is 7. The van der Waals surface area contributed by atoms with Crippen LogP contribution in [0.4, 0.5) is 11.5 Å². The molecule has 31 heavy (non-hydrogen) atoms. The minimum absolute atomic E-state index is 0.304. The summed E-state index contributed by atoms with van der Waals surface area (Å²) in [6, 6.07) is 18.6. The molecule has 3 aromatic rings. The second kappa shape index (κ2) is 9.71. The van der Waals surface area contributed by atoms with Gasteiger partial charge in [0.2, 0.25) is 0 Å². The number of pyridine rings is 1. The Morgan fingerprint density at radius 3 is 2.68 bits per heavy atom. The molecule has 0 radical (unpaired) electrons. The predicted molar refractivity (Wildman–Crippen MR) is 129 cm³/mol. The Bertz CT molecular complexity index is 1040. The number of aryl methyl sites for hydroxylation is 2. The molecule has 4 nitrogen and oxygen atoms in total. The van der Waals surface area contributed by atoms with E-state index in [-0.39, 0.29) is 0 Å². The van der Waals surface area contributed by atoms with Gasteiger partial charge in [0, 0.05) is 31.0 Å². The van der Waals surface area contributed by atoms with Crippen LogP contribution in [-0.2, 0) is 12.8 Å². The van der Waals surface area contributed by atoms with E-state index >= 15 is 0 Å². The molecule has 0 aliphatic carbocycles. The van der Waals surface area contributed by atoms with Gasteiger partial charge in [0.1, 0.15) is 11.9 Å². The number of nitrogens with zero attached hydrogens (tertiary/aromatic N) is 2. The van der Waals surface area contributed by atoms with E-state index < -0.39 is 6.10 Å². The summed E-state index contributed by atoms with van der Waals surface area (Å²) in [5.74, 6) is 0.750. The molecule has 4 rings (SSSR count). The van der Waals surface area contributed by atoms with E-state index in [0.29, 0.717) is 11.1 Å². The first-order valence-corrected chi connectivity index (χ1v) is 11.5. The summed E-state index contributed by atoms with van der Waals surface area (Å²) < 4.78 is 0. The van der Waals surface area contributed by atoms with Crippen molar-refractivity contribution in [1.29, 1.82) is 0 Å². The highest BCUT2D eigenvalue weighted by Crippen LogP contribution is 2.32. The molecule has 2 unspecified atom stereocenters. The van der Waals surface area contributed by atoms with Crippen LogP contribution >= 0.6 is 11.6 Å². The normalized spacial score (nSPS) is 17.0. The lowest BCUT2D eigenvalue weighted by Crippen LogP contribution is -2.27. The van der Waals surface area contributed by atoms with Crippen molar-refractivity contribution in [3.05, 3.63) is 88.1 Å². The molecule has 1 aliphatic heterocycles. The van der Waals surface area contributed by atoms with E-state index in [1.807, 2.05) is 30.3 Å². The van der Waals surface area contributed by atoms with Crippen LogP contribution in [0.1, 0.15) is 48.6 Å². The summed E-state index contributed by atoms with van der Waals surface area (Å²) in [7, 11) is 0. The molecule has 1 fully saturated rings. The molecule has 1 aliphatic rings. The van der Waals surface area contributed by atoms with Crippen LogP contribution in [-0.4, -0.2) is 29.2 Å². The Hall–Kier alpha value is -2.56. The van der Waals surface area contributed by atoms with Crippen LogP contribution in [0.25, 0.3) is 0 Å². The van der Waals surface area contributed by atoms with Gasteiger partial charge in [0.05, 0.1) is 5.02 Å². The molecule has 2 aromatic carbocycles. The largest absolute Gasteiger partial charge is 0.384 e. The van der Waals surface area contributed by atoms with E-state index in [4.69, 9.17) is 11.6 Å². The number of hydrogen-bond acceptors (Lipinski definition) is 4. The molecule has 0 saturated carbocycles. The summed E-state index contributed by atoms with van der Waals surface area (Å²) in [6.07, 6.45) is 4.02. The second-order valence-corrected chi connectivity index (χ2v) is 8.51. The minimum atomic E-state index is -0.602. The molecular weight excluding hydrogens is 406 g/mol. The third kappa shape index (κ3) is 4.70. The van der Waals surface area contributed by atoms with Gasteiger partial charge >= 0.3 is 0 Å². The fourth-order valence-corrected chi connectivity index (χ4v) is 4.63. The molecule has 2 atom stereocenters. The maximum atomic E-state index is 11.1. The van der Waals surface area contributed by atoms with Gasteiger partial charge in [-0.1, -0.05) is 61.8 Å². The van der Waals surface area contributed by atoms with Crippen LogP contribution < -0.4 is 10.2 Å². The number of anilines is 2. The maximum absolute atomic E-state index is 11.1. The Morgan fingerprint density at radius 2 is 1.90 bits per heavy atom. The predicted octanol–water partition coefficient (Wildman–Crippen LogP) is 5.63. The van der Waals surface area contributed by atoms with Crippen LogP contribution in [0.3, 0.4) is 0 Å². The first-order valence-electron chi connectivity index (χ1n) is 11.1. The number of aliphatic hydroxyl groups excluding tert-OH is 1. The zero-order valence-corrected chi connectivity index (χ0v) is 18.9. The van der Waals surface area contributed by atoms with Gasteiger partial charge in [-0.05, 0) is 59.7 Å². The summed E-state index contributed by atoms with van der Waals surface area (Å²) in [5.41, 5.74) is 5.66. The Labute approximate surface area is 189 Å². The van der Waals surface area contributed by atoms with Crippen molar-refractivity contribution < 1.29 is 5.11 Å². The number of aromatic nitrogens is 1. The number of aliphatic hydroxyl groups is 1. The zero-order chi connectivity index (χ0) is 21.8. The maximum Gasteiger partial charge on any atom is 0.145 e. The molecule has 162 valence electrons. The lowest BCUT2D eigenvalue weighted by atomic mass is 9.93. The third-order valence-electron chi connectivity index (χ3n) is 6.16. The van der Waals surface area contributed by atoms with E-state index in [0.717, 1.165) is 49.3 Å². The van der Waals surface area contributed by atoms with Gasteiger partial charge in [-0.2, -0.15) is 0 Å². The molecule has 0 spiro atoms. The van der Waals surface area contributed by atoms with Crippen molar-refractivity contribution in [3.8, 4) is 0 Å². The fraction of sp³-hybridized carbons (Fsp3) is 0.346. The van der Waals surface area contributed by atoms with Crippen molar-refractivity contribution in [1.82, 2.24) is 4.98 Å². The quantitative estimate of drug-likeness (QED) is 0.504.